The first kappa shape index (κ1) is 16.0. The summed E-state index contributed by atoms with van der Waals surface area (Å²) in [6.07, 6.45) is 3.62. The molecule has 0 saturated carbocycles. The van der Waals surface area contributed by atoms with Crippen molar-refractivity contribution < 1.29 is 14.7 Å². The maximum atomic E-state index is 12.8. The van der Waals surface area contributed by atoms with Gasteiger partial charge >= 0.3 is 6.03 Å². The quantitative estimate of drug-likeness (QED) is 0.836. The smallest absolute Gasteiger partial charge is 0.325 e. The molecule has 2 N–H and O–H groups in total. The van der Waals surface area contributed by atoms with E-state index in [4.69, 9.17) is 0 Å². The largest absolute Gasteiger partial charge is 0.390 e. The van der Waals surface area contributed by atoms with Crippen LogP contribution in [0.5, 0.6) is 0 Å². The van der Waals surface area contributed by atoms with Gasteiger partial charge in [0.05, 0.1) is 5.60 Å². The monoisotopic (exact) mass is 316 g/mol. The summed E-state index contributed by atoms with van der Waals surface area (Å²) in [4.78, 5) is 26.3. The molecule has 0 radical (unpaired) electrons. The highest BCUT2D eigenvalue weighted by Crippen LogP contribution is 2.32. The van der Waals surface area contributed by atoms with Gasteiger partial charge in [-0.1, -0.05) is 18.2 Å². The van der Waals surface area contributed by atoms with Crippen molar-refractivity contribution in [1.82, 2.24) is 10.2 Å². The van der Waals surface area contributed by atoms with Crippen LogP contribution in [0.4, 0.5) is 4.79 Å². The summed E-state index contributed by atoms with van der Waals surface area (Å²) in [5, 5.41) is 12.7. The van der Waals surface area contributed by atoms with E-state index in [2.05, 4.69) is 17.4 Å². The van der Waals surface area contributed by atoms with E-state index in [-0.39, 0.29) is 18.5 Å². The Bertz CT molecular complexity index is 663. The third kappa shape index (κ3) is 2.85. The van der Waals surface area contributed by atoms with E-state index in [1.807, 2.05) is 6.07 Å². The van der Waals surface area contributed by atoms with Gasteiger partial charge in [-0.2, -0.15) is 0 Å². The molecule has 1 fully saturated rings. The number of amides is 3. The molecule has 1 aromatic rings. The fourth-order valence-corrected chi connectivity index (χ4v) is 3.36. The highest BCUT2D eigenvalue weighted by molar-refractivity contribution is 6.07. The normalized spacial score (nSPS) is 24.1. The van der Waals surface area contributed by atoms with Gasteiger partial charge in [-0.25, -0.2) is 4.79 Å². The lowest BCUT2D eigenvalue weighted by Crippen LogP contribution is -2.41. The Balaban J connectivity index is 1.85. The highest BCUT2D eigenvalue weighted by atomic mass is 16.3. The molecule has 3 amide bonds. The van der Waals surface area contributed by atoms with E-state index < -0.39 is 11.1 Å². The minimum absolute atomic E-state index is 0.217. The van der Waals surface area contributed by atoms with Crippen molar-refractivity contribution in [2.75, 3.05) is 6.54 Å². The Morgan fingerprint density at radius 1 is 1.26 bits per heavy atom. The van der Waals surface area contributed by atoms with Crippen LogP contribution >= 0.6 is 0 Å². The molecule has 1 saturated heterocycles. The molecule has 0 spiro atoms. The van der Waals surface area contributed by atoms with E-state index >= 15 is 0 Å². The molecule has 1 aromatic carbocycles. The first-order valence-electron chi connectivity index (χ1n) is 8.19. The predicted octanol–water partition coefficient (Wildman–Crippen LogP) is 2.10. The second-order valence-corrected chi connectivity index (χ2v) is 7.41. The summed E-state index contributed by atoms with van der Waals surface area (Å²) >= 11 is 0. The van der Waals surface area contributed by atoms with Crippen molar-refractivity contribution in [3.05, 3.63) is 34.9 Å². The van der Waals surface area contributed by atoms with Gasteiger partial charge in [-0.05, 0) is 63.1 Å². The first-order chi connectivity index (χ1) is 10.7. The van der Waals surface area contributed by atoms with Crippen LogP contribution in [0, 0.1) is 0 Å². The zero-order valence-electron chi connectivity index (χ0n) is 14.0. The molecule has 3 rings (SSSR count). The predicted molar refractivity (Wildman–Crippen MR) is 87.0 cm³/mol. The van der Waals surface area contributed by atoms with Crippen molar-refractivity contribution in [3.8, 4) is 0 Å². The van der Waals surface area contributed by atoms with Crippen LogP contribution in [0.3, 0.4) is 0 Å². The maximum absolute atomic E-state index is 12.8. The molecule has 0 bridgehead atoms. The summed E-state index contributed by atoms with van der Waals surface area (Å²) < 4.78 is 0. The number of fused-ring (bicyclic) bond motifs is 1. The van der Waals surface area contributed by atoms with Gasteiger partial charge in [0.25, 0.3) is 5.91 Å². The third-order valence-electron chi connectivity index (χ3n) is 4.90. The lowest BCUT2D eigenvalue weighted by atomic mass is 9.89. The Hall–Kier alpha value is -1.88. The molecule has 5 nitrogen and oxygen atoms in total. The molecule has 1 heterocycles. The van der Waals surface area contributed by atoms with E-state index in [1.165, 1.54) is 16.0 Å². The Morgan fingerprint density at radius 3 is 2.65 bits per heavy atom. The van der Waals surface area contributed by atoms with Crippen molar-refractivity contribution >= 4 is 11.9 Å². The van der Waals surface area contributed by atoms with Crippen molar-refractivity contribution in [3.63, 3.8) is 0 Å². The van der Waals surface area contributed by atoms with Crippen LogP contribution in [-0.2, 0) is 23.2 Å². The van der Waals surface area contributed by atoms with Crippen molar-refractivity contribution in [2.24, 2.45) is 0 Å². The van der Waals surface area contributed by atoms with Gasteiger partial charge < -0.3 is 10.4 Å². The van der Waals surface area contributed by atoms with E-state index in [0.717, 1.165) is 24.8 Å². The number of aryl methyl sites for hydroxylation is 2. The minimum Gasteiger partial charge on any atom is -0.390 e. The van der Waals surface area contributed by atoms with Crippen molar-refractivity contribution in [1.29, 1.82) is 0 Å². The second kappa shape index (κ2) is 5.34. The van der Waals surface area contributed by atoms with Crippen LogP contribution in [0.15, 0.2) is 18.2 Å². The number of benzene rings is 1. The molecule has 1 aliphatic carbocycles. The van der Waals surface area contributed by atoms with Crippen molar-refractivity contribution in [2.45, 2.75) is 57.6 Å². The van der Waals surface area contributed by atoms with Crippen LogP contribution < -0.4 is 5.32 Å². The molecule has 23 heavy (non-hydrogen) atoms. The lowest BCUT2D eigenvalue weighted by molar-refractivity contribution is -0.131. The minimum atomic E-state index is -1.02. The highest BCUT2D eigenvalue weighted by Gasteiger charge is 2.49. The zero-order chi connectivity index (χ0) is 16.8. The average molecular weight is 316 g/mol. The number of rotatable bonds is 4. The Kier molecular flexibility index (Phi) is 3.71. The summed E-state index contributed by atoms with van der Waals surface area (Å²) in [5.41, 5.74) is 1.53. The van der Waals surface area contributed by atoms with E-state index in [1.54, 1.807) is 20.8 Å². The third-order valence-corrected chi connectivity index (χ3v) is 4.90. The lowest BCUT2D eigenvalue weighted by Gasteiger charge is -2.24. The topological polar surface area (TPSA) is 69.6 Å². The molecule has 2 aliphatic rings. The summed E-state index contributed by atoms with van der Waals surface area (Å²) in [5.74, 6) is -0.246. The number of nitrogens with one attached hydrogen (secondary N) is 1. The van der Waals surface area contributed by atoms with Crippen LogP contribution in [0.25, 0.3) is 0 Å². The molecule has 1 aliphatic heterocycles. The zero-order valence-corrected chi connectivity index (χ0v) is 14.0. The van der Waals surface area contributed by atoms with Gasteiger partial charge in [-0.3, -0.25) is 9.69 Å². The van der Waals surface area contributed by atoms with E-state index in [0.29, 0.717) is 6.42 Å². The average Bonchev–Trinajstić information content (AvgIpc) is 3.00. The fourth-order valence-electron chi connectivity index (χ4n) is 3.36. The second-order valence-electron chi connectivity index (χ2n) is 7.41. The number of urea groups is 1. The van der Waals surface area contributed by atoms with Crippen LogP contribution in [0.1, 0.15) is 50.3 Å². The number of nitrogens with zero attached hydrogens (tertiary/aromatic N) is 1. The molecule has 5 heteroatoms. The standard InChI is InChI=1S/C18H24N2O3/c1-17(2,23)9-10-20-15(21)18(3,19-16(20)22)14-8-7-12-5-4-6-13(12)11-14/h7-8,11,23H,4-6,9-10H2,1-3H3,(H,19,22). The first-order valence-corrected chi connectivity index (χ1v) is 8.19. The number of aliphatic hydroxyl groups is 1. The van der Waals surface area contributed by atoms with Gasteiger partial charge in [-0.15, -0.1) is 0 Å². The molecular weight excluding hydrogens is 292 g/mol. The molecule has 0 aromatic heterocycles. The van der Waals surface area contributed by atoms with E-state index in [9.17, 15) is 14.7 Å². The number of carbonyl (C=O) groups is 2. The molecule has 1 atom stereocenters. The molecule has 1 unspecified atom stereocenters. The summed E-state index contributed by atoms with van der Waals surface area (Å²) in [6, 6.07) is 5.69. The molecular formula is C18H24N2O3. The maximum Gasteiger partial charge on any atom is 0.325 e. The number of carbonyl (C=O) groups excluding carboxylic acids is 2. The fraction of sp³-hybridized carbons (Fsp3) is 0.556. The summed E-state index contributed by atoms with van der Waals surface area (Å²) in [7, 11) is 0. The van der Waals surface area contributed by atoms with Gasteiger partial charge in [0.1, 0.15) is 5.54 Å². The van der Waals surface area contributed by atoms with Gasteiger partial charge in [0, 0.05) is 6.54 Å². The number of imide groups is 1. The van der Waals surface area contributed by atoms with Crippen LogP contribution in [-0.4, -0.2) is 34.1 Å². The van der Waals surface area contributed by atoms with Gasteiger partial charge in [0.15, 0.2) is 0 Å². The Morgan fingerprint density at radius 2 is 1.96 bits per heavy atom. The number of hydrogen-bond acceptors (Lipinski definition) is 3. The number of hydrogen-bond donors (Lipinski definition) is 2. The molecule has 124 valence electrons. The summed E-state index contributed by atoms with van der Waals surface area (Å²) in [6.45, 7) is 5.32. The van der Waals surface area contributed by atoms with Crippen LogP contribution in [0.2, 0.25) is 0 Å². The Labute approximate surface area is 136 Å². The van der Waals surface area contributed by atoms with Gasteiger partial charge in [0.2, 0.25) is 0 Å². The SMILES string of the molecule is CC(C)(O)CCN1C(=O)NC(C)(c2ccc3c(c2)CCC3)C1=O.